The van der Waals surface area contributed by atoms with Crippen molar-refractivity contribution in [2.24, 2.45) is 0 Å². The number of thiophene rings is 1. The lowest BCUT2D eigenvalue weighted by Crippen LogP contribution is -2.41. The number of nitrogen functional groups attached to an aromatic ring is 1. The number of carbonyl (C=O) groups is 1. The van der Waals surface area contributed by atoms with Crippen LogP contribution in [0.1, 0.15) is 64.0 Å². The lowest BCUT2D eigenvalue weighted by molar-refractivity contribution is -0.137. The predicted molar refractivity (Wildman–Crippen MR) is 198 cm³/mol. The fourth-order valence-corrected chi connectivity index (χ4v) is 8.17. The average Bonchev–Trinajstić information content (AvgIpc) is 3.95. The quantitative estimate of drug-likeness (QED) is 0.187. The van der Waals surface area contributed by atoms with Crippen molar-refractivity contribution in [1.29, 1.82) is 5.26 Å². The van der Waals surface area contributed by atoms with Gasteiger partial charge >= 0.3 is 18.2 Å². The number of amides is 2. The summed E-state index contributed by atoms with van der Waals surface area (Å²) in [5, 5.41) is 11.8. The van der Waals surface area contributed by atoms with E-state index in [4.69, 9.17) is 10.5 Å². The van der Waals surface area contributed by atoms with Crippen LogP contribution < -0.4 is 15.8 Å². The van der Waals surface area contributed by atoms with E-state index >= 15 is 4.39 Å². The fourth-order valence-electron chi connectivity index (χ4n) is 7.22. The molecule has 4 aromatic rings. The van der Waals surface area contributed by atoms with Crippen LogP contribution in [0.5, 0.6) is 6.01 Å². The van der Waals surface area contributed by atoms with E-state index in [2.05, 4.69) is 20.2 Å². The van der Waals surface area contributed by atoms with Crippen LogP contribution in [-0.4, -0.2) is 95.8 Å². The van der Waals surface area contributed by atoms with Crippen molar-refractivity contribution >= 4 is 49.2 Å². The smallest absolute Gasteiger partial charge is 0.417 e. The zero-order valence-electron chi connectivity index (χ0n) is 30.6. The first-order valence-electron chi connectivity index (χ1n) is 18.0. The molecular weight excluding hydrogens is 735 g/mol. The van der Waals surface area contributed by atoms with Crippen molar-refractivity contribution in [2.45, 2.75) is 71.3 Å². The van der Waals surface area contributed by atoms with Crippen LogP contribution in [0, 0.1) is 23.0 Å². The minimum absolute atomic E-state index is 0.0444. The number of likely N-dealkylation sites (tertiary alicyclic amines) is 1. The molecule has 0 spiro atoms. The summed E-state index contributed by atoms with van der Waals surface area (Å²) < 4.78 is 90.2. The number of nitrogens with one attached hydrogen (secondary N) is 1. The van der Waals surface area contributed by atoms with Crippen molar-refractivity contribution in [2.75, 3.05) is 64.0 Å². The van der Waals surface area contributed by atoms with Gasteiger partial charge in [0.15, 0.2) is 5.82 Å². The number of fused-ring (bicyclic) bond motifs is 3. The summed E-state index contributed by atoms with van der Waals surface area (Å²) in [6.07, 6.45) is 0.163. The summed E-state index contributed by atoms with van der Waals surface area (Å²) in [6.45, 7) is 11.4. The molecule has 2 aromatic heterocycles. The van der Waals surface area contributed by atoms with E-state index < -0.39 is 40.6 Å². The van der Waals surface area contributed by atoms with Gasteiger partial charge in [-0.05, 0) is 77.1 Å². The Labute approximate surface area is 313 Å². The number of urea groups is 1. The maximum absolute atomic E-state index is 15.9. The van der Waals surface area contributed by atoms with E-state index in [-0.39, 0.29) is 56.0 Å². The second-order valence-electron chi connectivity index (χ2n) is 13.1. The molecule has 7 rings (SSSR count). The van der Waals surface area contributed by atoms with E-state index in [1.165, 1.54) is 32.8 Å². The number of aromatic nitrogens is 2. The molecular formula is C37H44F6N8O2S. The van der Waals surface area contributed by atoms with Gasteiger partial charge in [-0.3, -0.25) is 4.90 Å². The normalized spacial score (nSPS) is 18.1. The van der Waals surface area contributed by atoms with Crippen molar-refractivity contribution in [3.05, 3.63) is 41.0 Å². The molecule has 3 aliphatic heterocycles. The Balaban J connectivity index is 0.000000215. The van der Waals surface area contributed by atoms with E-state index in [9.17, 15) is 32.0 Å². The van der Waals surface area contributed by atoms with Crippen molar-refractivity contribution < 1.29 is 35.9 Å². The molecule has 10 nitrogen and oxygen atoms in total. The molecule has 0 bridgehead atoms. The molecule has 2 aromatic carbocycles. The zero-order valence-corrected chi connectivity index (χ0v) is 31.4. The minimum Gasteiger partial charge on any atom is -0.467 e. The van der Waals surface area contributed by atoms with Gasteiger partial charge in [0.1, 0.15) is 34.4 Å². The largest absolute Gasteiger partial charge is 0.467 e. The monoisotopic (exact) mass is 778 g/mol. The van der Waals surface area contributed by atoms with Crippen LogP contribution in [0.4, 0.5) is 42.0 Å². The van der Waals surface area contributed by atoms with Gasteiger partial charge in [0.25, 0.3) is 0 Å². The number of alkyl halides is 4. The highest BCUT2D eigenvalue weighted by Gasteiger charge is 2.38. The van der Waals surface area contributed by atoms with Gasteiger partial charge in [-0.25, -0.2) is 18.0 Å². The number of benzene rings is 2. The Hall–Kier alpha value is -4.56. The van der Waals surface area contributed by atoms with E-state index in [1.807, 2.05) is 23.6 Å². The first-order chi connectivity index (χ1) is 25.8. The molecule has 0 radical (unpaired) electrons. The minimum atomic E-state index is -5.00. The standard InChI is InChI=1S/C21H14F5N5OS.C9H18N2O.C7H12FN/c1-3-29-19-9-6-11(21(24,25)26)14(15(23)16(9)30-20(31-19)32-2)8-4-5-12(22)17-13(8)10(7-27)18(28)33-17;1-3-10(4-2)9(12)11-7-5-6-8-11;8-6-4-7-2-1-3-9(7)5-6/h4-6H,3,28H2,1-2H3,(H,29,30,31);3-8H2,1-2H3;6-7H,1-5H2. The maximum Gasteiger partial charge on any atom is 0.417 e. The summed E-state index contributed by atoms with van der Waals surface area (Å²) >= 11 is 0.698. The van der Waals surface area contributed by atoms with Crippen molar-refractivity contribution in [1.82, 2.24) is 24.7 Å². The number of ether oxygens (including phenoxy) is 1. The van der Waals surface area contributed by atoms with Crippen LogP contribution in [0.15, 0.2) is 18.2 Å². The number of halogens is 6. The molecule has 3 fully saturated rings. The molecule has 54 heavy (non-hydrogen) atoms. The Morgan fingerprint density at radius 1 is 1.13 bits per heavy atom. The molecule has 0 saturated carbocycles. The van der Waals surface area contributed by atoms with Crippen molar-refractivity contribution in [3.63, 3.8) is 0 Å². The number of nitrogens with two attached hydrogens (primary N) is 1. The third kappa shape index (κ3) is 8.39. The van der Waals surface area contributed by atoms with Gasteiger partial charge < -0.3 is 25.6 Å². The Bertz CT molecular complexity index is 1990. The number of hydrogen-bond acceptors (Lipinski definition) is 9. The lowest BCUT2D eigenvalue weighted by Gasteiger charge is -2.25. The zero-order chi connectivity index (χ0) is 39.3. The number of rotatable bonds is 6. The second kappa shape index (κ2) is 17.3. The van der Waals surface area contributed by atoms with Gasteiger partial charge in [-0.2, -0.15) is 28.4 Å². The summed E-state index contributed by atoms with van der Waals surface area (Å²) in [5.41, 5.74) is 2.59. The van der Waals surface area contributed by atoms with Gasteiger partial charge in [-0.1, -0.05) is 6.07 Å². The van der Waals surface area contributed by atoms with Crippen LogP contribution in [-0.2, 0) is 6.18 Å². The molecule has 3 N–H and O–H groups in total. The third-order valence-corrected chi connectivity index (χ3v) is 10.8. The van der Waals surface area contributed by atoms with Crippen LogP contribution in [0.3, 0.4) is 0 Å². The van der Waals surface area contributed by atoms with Crippen LogP contribution >= 0.6 is 11.3 Å². The van der Waals surface area contributed by atoms with Gasteiger partial charge in [0, 0.05) is 61.6 Å². The van der Waals surface area contributed by atoms with E-state index in [0.29, 0.717) is 23.9 Å². The number of nitrogens with zero attached hydrogens (tertiary/aromatic N) is 6. The number of anilines is 2. The summed E-state index contributed by atoms with van der Waals surface area (Å²) in [5.74, 6) is -2.15. The first kappa shape index (κ1) is 40.6. The summed E-state index contributed by atoms with van der Waals surface area (Å²) in [6, 6.07) is 4.97. The molecule has 2 atom stereocenters. The second-order valence-corrected chi connectivity index (χ2v) is 14.2. The molecule has 17 heteroatoms. The highest BCUT2D eigenvalue weighted by atomic mass is 32.1. The summed E-state index contributed by atoms with van der Waals surface area (Å²) in [7, 11) is 1.23. The van der Waals surface area contributed by atoms with Gasteiger partial charge in [0.05, 0.1) is 22.9 Å². The van der Waals surface area contributed by atoms with E-state index in [0.717, 1.165) is 57.3 Å². The lowest BCUT2D eigenvalue weighted by atomic mass is 9.92. The predicted octanol–water partition coefficient (Wildman–Crippen LogP) is 8.44. The fraction of sp³-hybridized carbons (Fsp3) is 0.514. The average molecular weight is 779 g/mol. The Morgan fingerprint density at radius 2 is 1.83 bits per heavy atom. The number of methoxy groups -OCH3 is 1. The topological polar surface area (TPSA) is 124 Å². The molecule has 3 aliphatic rings. The first-order valence-corrected chi connectivity index (χ1v) is 18.8. The number of carbonyl (C=O) groups excluding carboxylic acids is 1. The molecule has 2 amide bonds. The van der Waals surface area contributed by atoms with Crippen LogP contribution in [0.25, 0.3) is 32.1 Å². The van der Waals surface area contributed by atoms with Gasteiger partial charge in [-0.15, -0.1) is 11.3 Å². The SMILES string of the molecule is CCN(CC)C(=O)N1CCCC1.CCNc1nc(OC)nc2c(F)c(-c3ccc(F)c4sc(N)c(C#N)c34)c(C(F)(F)F)cc12.FC1CC2CCCN2C1. The highest BCUT2D eigenvalue weighted by molar-refractivity contribution is 7.23. The van der Waals surface area contributed by atoms with Crippen LogP contribution in [0.2, 0.25) is 0 Å². The molecule has 292 valence electrons. The number of nitriles is 1. The Morgan fingerprint density at radius 3 is 2.43 bits per heavy atom. The Kier molecular flexibility index (Phi) is 13.0. The highest BCUT2D eigenvalue weighted by Crippen LogP contribution is 2.47. The van der Waals surface area contributed by atoms with E-state index in [1.54, 1.807) is 13.0 Å². The third-order valence-electron chi connectivity index (χ3n) is 9.81. The molecule has 2 unspecified atom stereocenters. The molecule has 5 heterocycles. The summed E-state index contributed by atoms with van der Waals surface area (Å²) in [4.78, 5) is 25.7. The van der Waals surface area contributed by atoms with Crippen molar-refractivity contribution in [3.8, 4) is 23.2 Å². The molecule has 0 aliphatic carbocycles. The number of hydrogen-bond donors (Lipinski definition) is 2. The molecule has 3 saturated heterocycles. The maximum atomic E-state index is 15.9. The van der Waals surface area contributed by atoms with Gasteiger partial charge in [0.2, 0.25) is 0 Å².